The van der Waals surface area contributed by atoms with Crippen molar-refractivity contribution in [3.8, 4) is 0 Å². The molecule has 8 heteroatoms. The normalized spacial score (nSPS) is 14.8. The highest BCUT2D eigenvalue weighted by Gasteiger charge is 2.23. The largest absolute Gasteiger partial charge is 0.465 e. The Hall–Kier alpha value is -3.26. The second-order valence-electron chi connectivity index (χ2n) is 9.24. The minimum atomic E-state index is -0.287. The zero-order valence-electron chi connectivity index (χ0n) is 20.5. The SMILES string of the molecule is CCOC(=O)Cn1c(C)c(C=Nn2c(C3CCCCC3)nc3ccc(Br)cc3c2=O)c2ccccc21. The zero-order chi connectivity index (χ0) is 25.2. The van der Waals surface area contributed by atoms with Crippen LogP contribution in [0.25, 0.3) is 21.8 Å². The Labute approximate surface area is 217 Å². The van der Waals surface area contributed by atoms with Gasteiger partial charge in [0.15, 0.2) is 0 Å². The van der Waals surface area contributed by atoms with Gasteiger partial charge in [-0.25, -0.2) is 4.98 Å². The first-order valence-electron chi connectivity index (χ1n) is 12.5. The van der Waals surface area contributed by atoms with Gasteiger partial charge < -0.3 is 9.30 Å². The van der Waals surface area contributed by atoms with E-state index in [1.807, 2.05) is 47.9 Å². The van der Waals surface area contributed by atoms with Crippen LogP contribution in [0.4, 0.5) is 0 Å². The summed E-state index contributed by atoms with van der Waals surface area (Å²) in [7, 11) is 0. The van der Waals surface area contributed by atoms with E-state index in [0.29, 0.717) is 17.5 Å². The molecule has 1 saturated carbocycles. The number of aromatic nitrogens is 3. The van der Waals surface area contributed by atoms with Gasteiger partial charge in [-0.1, -0.05) is 53.4 Å². The van der Waals surface area contributed by atoms with E-state index in [9.17, 15) is 9.59 Å². The second kappa shape index (κ2) is 10.4. The van der Waals surface area contributed by atoms with Gasteiger partial charge in [0.1, 0.15) is 12.4 Å². The zero-order valence-corrected chi connectivity index (χ0v) is 22.1. The predicted octanol–water partition coefficient (Wildman–Crippen LogP) is 5.92. The van der Waals surface area contributed by atoms with E-state index in [-0.39, 0.29) is 24.0 Å². The van der Waals surface area contributed by atoms with Crippen molar-refractivity contribution in [3.05, 3.63) is 74.4 Å². The number of esters is 1. The summed E-state index contributed by atoms with van der Waals surface area (Å²) in [5, 5.41) is 6.24. The number of hydrogen-bond acceptors (Lipinski definition) is 5. The molecule has 0 aliphatic heterocycles. The van der Waals surface area contributed by atoms with Crippen LogP contribution in [0.3, 0.4) is 0 Å². The van der Waals surface area contributed by atoms with Crippen molar-refractivity contribution in [2.24, 2.45) is 5.10 Å². The Balaban J connectivity index is 1.65. The number of hydrogen-bond donors (Lipinski definition) is 0. The molecule has 1 aliphatic rings. The van der Waals surface area contributed by atoms with Crippen LogP contribution in [0, 0.1) is 6.92 Å². The molecular weight excluding hydrogens is 520 g/mol. The van der Waals surface area contributed by atoms with E-state index in [2.05, 4.69) is 15.9 Å². The summed E-state index contributed by atoms with van der Waals surface area (Å²) >= 11 is 3.48. The fraction of sp³-hybridized carbons (Fsp3) is 0.357. The Kier molecular flexibility index (Phi) is 7.05. The van der Waals surface area contributed by atoms with Crippen LogP contribution in [0.15, 0.2) is 56.8 Å². The summed E-state index contributed by atoms with van der Waals surface area (Å²) < 4.78 is 9.44. The highest BCUT2D eigenvalue weighted by molar-refractivity contribution is 9.10. The summed E-state index contributed by atoms with van der Waals surface area (Å²) in [6, 6.07) is 13.5. The molecule has 0 radical (unpaired) electrons. The van der Waals surface area contributed by atoms with Crippen LogP contribution in [0.5, 0.6) is 0 Å². The van der Waals surface area contributed by atoms with Crippen molar-refractivity contribution >= 4 is 49.9 Å². The van der Waals surface area contributed by atoms with Crippen LogP contribution < -0.4 is 5.56 Å². The molecule has 5 rings (SSSR count). The molecule has 0 atom stereocenters. The molecule has 0 saturated heterocycles. The number of nitrogens with zero attached hydrogens (tertiary/aromatic N) is 4. The molecule has 1 aliphatic carbocycles. The van der Waals surface area contributed by atoms with E-state index in [0.717, 1.165) is 58.1 Å². The summed E-state index contributed by atoms with van der Waals surface area (Å²) in [4.78, 5) is 30.9. The van der Waals surface area contributed by atoms with Crippen molar-refractivity contribution in [2.45, 2.75) is 58.4 Å². The van der Waals surface area contributed by atoms with E-state index in [1.165, 1.54) is 11.1 Å². The Morgan fingerprint density at radius 2 is 1.94 bits per heavy atom. The lowest BCUT2D eigenvalue weighted by atomic mass is 9.88. The molecule has 1 fully saturated rings. The number of para-hydroxylation sites is 1. The van der Waals surface area contributed by atoms with E-state index in [4.69, 9.17) is 14.8 Å². The Morgan fingerprint density at radius 1 is 1.17 bits per heavy atom. The highest BCUT2D eigenvalue weighted by Crippen LogP contribution is 2.32. The van der Waals surface area contributed by atoms with Crippen molar-refractivity contribution in [1.29, 1.82) is 0 Å². The molecule has 0 spiro atoms. The van der Waals surface area contributed by atoms with Gasteiger partial charge in [0.05, 0.1) is 23.7 Å². The lowest BCUT2D eigenvalue weighted by molar-refractivity contribution is -0.143. The van der Waals surface area contributed by atoms with E-state index in [1.54, 1.807) is 19.2 Å². The third-order valence-electron chi connectivity index (χ3n) is 6.98. The van der Waals surface area contributed by atoms with Crippen LogP contribution in [-0.4, -0.2) is 33.0 Å². The maximum atomic E-state index is 13.7. The van der Waals surface area contributed by atoms with Crippen molar-refractivity contribution in [1.82, 2.24) is 14.2 Å². The van der Waals surface area contributed by atoms with Crippen LogP contribution in [0.1, 0.15) is 62.0 Å². The minimum absolute atomic E-state index is 0.118. The van der Waals surface area contributed by atoms with Gasteiger partial charge in [-0.05, 0) is 51.0 Å². The summed E-state index contributed by atoms with van der Waals surface area (Å²) in [6.07, 6.45) is 7.21. The number of ether oxygens (including phenoxy) is 1. The molecule has 0 bridgehead atoms. The quantitative estimate of drug-likeness (QED) is 0.221. The molecule has 0 amide bonds. The average Bonchev–Trinajstić information content (AvgIpc) is 3.15. The molecule has 36 heavy (non-hydrogen) atoms. The number of benzene rings is 2. The van der Waals surface area contributed by atoms with Crippen molar-refractivity contribution < 1.29 is 9.53 Å². The third kappa shape index (κ3) is 4.62. The van der Waals surface area contributed by atoms with Crippen molar-refractivity contribution in [3.63, 3.8) is 0 Å². The molecule has 2 heterocycles. The molecule has 2 aromatic heterocycles. The Bertz CT molecular complexity index is 1530. The maximum absolute atomic E-state index is 13.7. The van der Waals surface area contributed by atoms with E-state index >= 15 is 0 Å². The number of fused-ring (bicyclic) bond motifs is 2. The van der Waals surface area contributed by atoms with Crippen LogP contribution >= 0.6 is 15.9 Å². The molecule has 0 N–H and O–H groups in total. The first-order valence-corrected chi connectivity index (χ1v) is 13.3. The minimum Gasteiger partial charge on any atom is -0.465 e. The number of halogens is 1. The summed E-state index contributed by atoms with van der Waals surface area (Å²) in [5.74, 6) is 0.631. The number of rotatable bonds is 6. The third-order valence-corrected chi connectivity index (χ3v) is 7.47. The van der Waals surface area contributed by atoms with Gasteiger partial charge in [0, 0.05) is 32.6 Å². The smallest absolute Gasteiger partial charge is 0.325 e. The van der Waals surface area contributed by atoms with Crippen molar-refractivity contribution in [2.75, 3.05) is 6.61 Å². The topological polar surface area (TPSA) is 78.5 Å². The fourth-order valence-electron chi connectivity index (χ4n) is 5.18. The predicted molar refractivity (Wildman–Crippen MR) is 146 cm³/mol. The molecule has 2 aromatic carbocycles. The Morgan fingerprint density at radius 3 is 2.72 bits per heavy atom. The van der Waals surface area contributed by atoms with Gasteiger partial charge in [0.2, 0.25) is 0 Å². The molecule has 4 aromatic rings. The van der Waals surface area contributed by atoms with Gasteiger partial charge >= 0.3 is 5.97 Å². The molecule has 7 nitrogen and oxygen atoms in total. The average molecular weight is 549 g/mol. The lowest BCUT2D eigenvalue weighted by Crippen LogP contribution is -2.25. The van der Waals surface area contributed by atoms with E-state index < -0.39 is 0 Å². The standard InChI is InChI=1S/C28H29BrN4O3/c1-3-36-26(34)17-32-18(2)23(21-11-7-8-12-25(21)32)16-30-33-27(19-9-5-4-6-10-19)31-24-14-13-20(29)15-22(24)28(33)35/h7-8,11-16,19H,3-6,9-10,17H2,1-2H3. The summed E-state index contributed by atoms with van der Waals surface area (Å²) in [6.45, 7) is 4.21. The molecule has 0 unspecified atom stereocenters. The summed E-state index contributed by atoms with van der Waals surface area (Å²) in [5.41, 5.74) is 3.19. The highest BCUT2D eigenvalue weighted by atomic mass is 79.9. The number of carbonyl (C=O) groups excluding carboxylic acids is 1. The van der Waals surface area contributed by atoms with Gasteiger partial charge in [-0.15, -0.1) is 0 Å². The van der Waals surface area contributed by atoms with Crippen LogP contribution in [-0.2, 0) is 16.1 Å². The van der Waals surface area contributed by atoms with Crippen LogP contribution in [0.2, 0.25) is 0 Å². The molecular formula is C28H29BrN4O3. The molecule has 186 valence electrons. The van der Waals surface area contributed by atoms with Gasteiger partial charge in [-0.3, -0.25) is 9.59 Å². The monoisotopic (exact) mass is 548 g/mol. The fourth-order valence-corrected chi connectivity index (χ4v) is 5.54. The first-order chi connectivity index (χ1) is 17.5. The first kappa shape index (κ1) is 24.4. The second-order valence-corrected chi connectivity index (χ2v) is 10.2. The lowest BCUT2D eigenvalue weighted by Gasteiger charge is -2.22. The number of carbonyl (C=O) groups is 1. The maximum Gasteiger partial charge on any atom is 0.325 e. The van der Waals surface area contributed by atoms with Gasteiger partial charge in [0.25, 0.3) is 5.56 Å². The van der Waals surface area contributed by atoms with Gasteiger partial charge in [-0.2, -0.15) is 9.78 Å².